The zero-order chi connectivity index (χ0) is 16.5. The van der Waals surface area contributed by atoms with Crippen LogP contribution in [0.4, 0.5) is 5.82 Å². The van der Waals surface area contributed by atoms with E-state index in [0.29, 0.717) is 31.0 Å². The zero-order valence-corrected chi connectivity index (χ0v) is 13.0. The number of hydrogen-bond donors (Lipinski definition) is 2. The lowest BCUT2D eigenvalue weighted by molar-refractivity contribution is 0.0523. The van der Waals surface area contributed by atoms with Crippen LogP contribution in [0.1, 0.15) is 6.42 Å². The van der Waals surface area contributed by atoms with E-state index >= 15 is 0 Å². The summed E-state index contributed by atoms with van der Waals surface area (Å²) < 4.78 is 1.70. The van der Waals surface area contributed by atoms with Gasteiger partial charge in [-0.25, -0.2) is 0 Å². The summed E-state index contributed by atoms with van der Waals surface area (Å²) in [6, 6.07) is 7.52. The van der Waals surface area contributed by atoms with E-state index in [9.17, 15) is 10.2 Å². The van der Waals surface area contributed by atoms with Gasteiger partial charge in [0, 0.05) is 37.0 Å². The van der Waals surface area contributed by atoms with Crippen molar-refractivity contribution in [2.45, 2.75) is 12.5 Å². The fourth-order valence-corrected chi connectivity index (χ4v) is 3.03. The molecule has 8 nitrogen and oxygen atoms in total. The minimum atomic E-state index is -0.462. The van der Waals surface area contributed by atoms with Crippen LogP contribution in [0.2, 0.25) is 0 Å². The van der Waals surface area contributed by atoms with Gasteiger partial charge < -0.3 is 15.1 Å². The van der Waals surface area contributed by atoms with Crippen molar-refractivity contribution in [1.82, 2.24) is 24.8 Å². The van der Waals surface area contributed by atoms with Crippen molar-refractivity contribution >= 4 is 11.5 Å². The van der Waals surface area contributed by atoms with Crippen molar-refractivity contribution in [3.63, 3.8) is 0 Å². The Kier molecular flexibility index (Phi) is 3.83. The smallest absolute Gasteiger partial charge is 0.187 e. The van der Waals surface area contributed by atoms with Crippen molar-refractivity contribution in [2.24, 2.45) is 5.92 Å². The first kappa shape index (κ1) is 15.0. The summed E-state index contributed by atoms with van der Waals surface area (Å²) >= 11 is 0. The monoisotopic (exact) mass is 326 g/mol. The number of aliphatic hydroxyl groups is 2. The molecule has 3 aromatic rings. The Bertz CT molecular complexity index is 837. The Hall–Kier alpha value is -2.58. The zero-order valence-electron chi connectivity index (χ0n) is 13.0. The predicted octanol–water partition coefficient (Wildman–Crippen LogP) is 0.366. The number of aliphatic hydroxyl groups excluding tert-OH is 2. The maximum atomic E-state index is 9.93. The van der Waals surface area contributed by atoms with Gasteiger partial charge in [0.25, 0.3) is 0 Å². The van der Waals surface area contributed by atoms with E-state index in [2.05, 4.69) is 25.2 Å². The van der Waals surface area contributed by atoms with Gasteiger partial charge in [0.05, 0.1) is 12.7 Å². The van der Waals surface area contributed by atoms with Gasteiger partial charge in [-0.3, -0.25) is 4.98 Å². The highest BCUT2D eigenvalue weighted by molar-refractivity contribution is 5.58. The normalized spacial score (nSPS) is 21.3. The molecular weight excluding hydrogens is 308 g/mol. The number of hydrogen-bond acceptors (Lipinski definition) is 7. The number of anilines is 1. The van der Waals surface area contributed by atoms with E-state index in [-0.39, 0.29) is 12.5 Å². The summed E-state index contributed by atoms with van der Waals surface area (Å²) in [5, 5.41) is 32.4. The van der Waals surface area contributed by atoms with Crippen LogP contribution < -0.4 is 4.90 Å². The van der Waals surface area contributed by atoms with Gasteiger partial charge >= 0.3 is 0 Å². The van der Waals surface area contributed by atoms with Crippen molar-refractivity contribution < 1.29 is 10.2 Å². The number of rotatable bonds is 3. The second-order valence-electron chi connectivity index (χ2n) is 5.97. The molecule has 0 aromatic carbocycles. The van der Waals surface area contributed by atoms with Crippen LogP contribution in [-0.2, 0) is 0 Å². The first-order valence-electron chi connectivity index (χ1n) is 7.93. The van der Waals surface area contributed by atoms with E-state index in [4.69, 9.17) is 0 Å². The molecule has 4 heterocycles. The standard InChI is InChI=1S/C16H18N6O2/c23-10-12-9-21(7-5-13(12)24)15-4-3-14-18-19-16(22(14)20-15)11-2-1-6-17-8-11/h1-4,6,8,12-13,23-24H,5,7,9-10H2. The summed E-state index contributed by atoms with van der Waals surface area (Å²) in [4.78, 5) is 6.18. The molecule has 1 aliphatic heterocycles. The van der Waals surface area contributed by atoms with Gasteiger partial charge in [-0.2, -0.15) is 4.52 Å². The van der Waals surface area contributed by atoms with Crippen LogP contribution in [0.25, 0.3) is 17.0 Å². The quantitative estimate of drug-likeness (QED) is 0.717. The van der Waals surface area contributed by atoms with Crippen LogP contribution in [0.5, 0.6) is 0 Å². The molecule has 2 unspecified atom stereocenters. The number of piperidine rings is 1. The van der Waals surface area contributed by atoms with E-state index < -0.39 is 6.10 Å². The van der Waals surface area contributed by atoms with Crippen LogP contribution in [0.15, 0.2) is 36.7 Å². The van der Waals surface area contributed by atoms with Gasteiger partial charge in [-0.05, 0) is 30.7 Å². The van der Waals surface area contributed by atoms with Crippen LogP contribution in [-0.4, -0.2) is 60.8 Å². The van der Waals surface area contributed by atoms with Crippen molar-refractivity contribution in [3.05, 3.63) is 36.7 Å². The lowest BCUT2D eigenvalue weighted by atomic mass is 9.95. The van der Waals surface area contributed by atoms with Crippen molar-refractivity contribution in [3.8, 4) is 11.4 Å². The maximum Gasteiger partial charge on any atom is 0.187 e. The summed E-state index contributed by atoms with van der Waals surface area (Å²) in [5.74, 6) is 1.25. The molecule has 1 aliphatic rings. The molecule has 0 aliphatic carbocycles. The topological polar surface area (TPSA) is 99.7 Å². The van der Waals surface area contributed by atoms with Gasteiger partial charge in [0.2, 0.25) is 0 Å². The lowest BCUT2D eigenvalue weighted by Gasteiger charge is -2.35. The molecule has 2 atom stereocenters. The minimum absolute atomic E-state index is 0.0342. The molecule has 24 heavy (non-hydrogen) atoms. The molecule has 3 aromatic heterocycles. The maximum absolute atomic E-state index is 9.93. The molecule has 1 saturated heterocycles. The lowest BCUT2D eigenvalue weighted by Crippen LogP contribution is -2.45. The number of aromatic nitrogens is 5. The second kappa shape index (κ2) is 6.14. The third kappa shape index (κ3) is 2.59. The predicted molar refractivity (Wildman–Crippen MR) is 87.4 cm³/mol. The largest absolute Gasteiger partial charge is 0.396 e. The van der Waals surface area contributed by atoms with Crippen molar-refractivity contribution in [2.75, 3.05) is 24.6 Å². The molecule has 4 rings (SSSR count). The van der Waals surface area contributed by atoms with E-state index in [1.807, 2.05) is 24.3 Å². The van der Waals surface area contributed by atoms with Gasteiger partial charge in [0.1, 0.15) is 5.82 Å². The Labute approximate surface area is 138 Å². The highest BCUT2D eigenvalue weighted by Gasteiger charge is 2.28. The minimum Gasteiger partial charge on any atom is -0.396 e. The number of pyridine rings is 1. The SMILES string of the molecule is OCC1CN(c2ccc3nnc(-c4cccnc4)n3n2)CCC1O. The average Bonchev–Trinajstić information content (AvgIpc) is 3.06. The average molecular weight is 326 g/mol. The van der Waals surface area contributed by atoms with E-state index in [1.54, 1.807) is 16.9 Å². The molecule has 0 radical (unpaired) electrons. The third-order valence-corrected chi connectivity index (χ3v) is 4.42. The molecule has 8 heteroatoms. The molecule has 124 valence electrons. The highest BCUT2D eigenvalue weighted by atomic mass is 16.3. The van der Waals surface area contributed by atoms with E-state index in [1.165, 1.54) is 0 Å². The summed E-state index contributed by atoms with van der Waals surface area (Å²) in [6.45, 7) is 1.23. The van der Waals surface area contributed by atoms with Gasteiger partial charge in [-0.1, -0.05) is 0 Å². The fraction of sp³-hybridized carbons (Fsp3) is 0.375. The summed E-state index contributed by atoms with van der Waals surface area (Å²) in [6.07, 6.45) is 3.59. The molecule has 0 bridgehead atoms. The molecule has 0 spiro atoms. The number of nitrogens with zero attached hydrogens (tertiary/aromatic N) is 6. The summed E-state index contributed by atoms with van der Waals surface area (Å²) in [7, 11) is 0. The molecule has 0 amide bonds. The Morgan fingerprint density at radius 3 is 2.92 bits per heavy atom. The fourth-order valence-electron chi connectivity index (χ4n) is 3.03. The first-order valence-corrected chi connectivity index (χ1v) is 7.93. The van der Waals surface area contributed by atoms with Gasteiger partial charge in [0.15, 0.2) is 11.5 Å². The van der Waals surface area contributed by atoms with Crippen LogP contribution >= 0.6 is 0 Å². The Balaban J connectivity index is 1.70. The second-order valence-corrected chi connectivity index (χ2v) is 5.97. The molecular formula is C16H18N6O2. The molecule has 0 saturated carbocycles. The Morgan fingerprint density at radius 1 is 1.21 bits per heavy atom. The number of fused-ring (bicyclic) bond motifs is 1. The van der Waals surface area contributed by atoms with E-state index in [0.717, 1.165) is 11.4 Å². The first-order chi connectivity index (χ1) is 11.8. The Morgan fingerprint density at radius 2 is 2.12 bits per heavy atom. The molecule has 1 fully saturated rings. The van der Waals surface area contributed by atoms with Crippen LogP contribution in [0, 0.1) is 5.92 Å². The van der Waals surface area contributed by atoms with Gasteiger partial charge in [-0.15, -0.1) is 15.3 Å². The summed E-state index contributed by atoms with van der Waals surface area (Å²) in [5.41, 5.74) is 1.50. The van der Waals surface area contributed by atoms with Crippen LogP contribution in [0.3, 0.4) is 0 Å². The third-order valence-electron chi connectivity index (χ3n) is 4.42. The van der Waals surface area contributed by atoms with Crippen molar-refractivity contribution in [1.29, 1.82) is 0 Å². The highest BCUT2D eigenvalue weighted by Crippen LogP contribution is 2.23. The molecule has 2 N–H and O–H groups in total.